The van der Waals surface area contributed by atoms with Gasteiger partial charge in [-0.2, -0.15) is 4.52 Å². The SMILES string of the molecule is CC(C)(CNc1nn2cnnc2c2ccccc12)N1CCOCC1. The lowest BCUT2D eigenvalue weighted by molar-refractivity contribution is -0.00570. The van der Waals surface area contributed by atoms with Gasteiger partial charge in [-0.05, 0) is 13.8 Å². The standard InChI is InChI=1S/C17H22N6O/c1-17(2,22-7-9-24-10-8-22)11-18-15-13-5-3-4-6-14(13)16-20-19-12-23(16)21-15/h3-6,12H,7-11H2,1-2H3,(H,18,21). The van der Waals surface area contributed by atoms with Crippen molar-refractivity contribution in [2.24, 2.45) is 0 Å². The molecule has 1 fully saturated rings. The van der Waals surface area contributed by atoms with E-state index in [1.165, 1.54) is 0 Å². The predicted octanol–water partition coefficient (Wildman–Crippen LogP) is 1.80. The van der Waals surface area contributed by atoms with Gasteiger partial charge in [0.25, 0.3) is 0 Å². The minimum Gasteiger partial charge on any atom is -0.379 e. The van der Waals surface area contributed by atoms with Crippen molar-refractivity contribution in [2.75, 3.05) is 38.2 Å². The quantitative estimate of drug-likeness (QED) is 0.788. The van der Waals surface area contributed by atoms with Gasteiger partial charge in [-0.25, -0.2) is 0 Å². The maximum absolute atomic E-state index is 5.46. The molecule has 0 atom stereocenters. The Morgan fingerprint density at radius 1 is 1.17 bits per heavy atom. The zero-order valence-electron chi connectivity index (χ0n) is 14.1. The first-order chi connectivity index (χ1) is 11.6. The van der Waals surface area contributed by atoms with Crippen molar-refractivity contribution in [3.63, 3.8) is 0 Å². The Morgan fingerprint density at radius 2 is 1.92 bits per heavy atom. The van der Waals surface area contributed by atoms with Crippen LogP contribution < -0.4 is 5.32 Å². The van der Waals surface area contributed by atoms with Gasteiger partial charge < -0.3 is 10.1 Å². The van der Waals surface area contributed by atoms with Crippen LogP contribution in [0.1, 0.15) is 13.8 Å². The first-order valence-electron chi connectivity index (χ1n) is 8.31. The summed E-state index contributed by atoms with van der Waals surface area (Å²) in [5.74, 6) is 0.860. The molecule has 1 saturated heterocycles. The molecule has 1 aromatic carbocycles. The summed E-state index contributed by atoms with van der Waals surface area (Å²) in [6, 6.07) is 8.16. The van der Waals surface area contributed by atoms with E-state index in [1.54, 1.807) is 10.8 Å². The van der Waals surface area contributed by atoms with Crippen LogP contribution in [0, 0.1) is 0 Å². The van der Waals surface area contributed by atoms with Crippen LogP contribution >= 0.6 is 0 Å². The van der Waals surface area contributed by atoms with Crippen molar-refractivity contribution in [1.29, 1.82) is 0 Å². The minimum absolute atomic E-state index is 0.0225. The molecular weight excluding hydrogens is 304 g/mol. The van der Waals surface area contributed by atoms with Crippen molar-refractivity contribution in [1.82, 2.24) is 24.7 Å². The van der Waals surface area contributed by atoms with Crippen LogP contribution in [0.4, 0.5) is 5.82 Å². The zero-order chi connectivity index (χ0) is 16.6. The van der Waals surface area contributed by atoms with E-state index in [0.29, 0.717) is 0 Å². The Hall–Kier alpha value is -2.25. The third-order valence-corrected chi connectivity index (χ3v) is 4.72. The van der Waals surface area contributed by atoms with Gasteiger partial charge >= 0.3 is 0 Å². The summed E-state index contributed by atoms with van der Waals surface area (Å²) in [5, 5.41) is 18.5. The molecule has 0 radical (unpaired) electrons. The average molecular weight is 326 g/mol. The van der Waals surface area contributed by atoms with Crippen LogP contribution in [0.2, 0.25) is 0 Å². The van der Waals surface area contributed by atoms with Crippen LogP contribution in [0.3, 0.4) is 0 Å². The summed E-state index contributed by atoms with van der Waals surface area (Å²) >= 11 is 0. The molecular formula is C17H22N6O. The smallest absolute Gasteiger partial charge is 0.185 e. The zero-order valence-corrected chi connectivity index (χ0v) is 14.1. The summed E-state index contributed by atoms with van der Waals surface area (Å²) in [6.45, 7) is 8.85. The number of hydrogen-bond acceptors (Lipinski definition) is 6. The Labute approximate surface area is 140 Å². The van der Waals surface area contributed by atoms with Crippen molar-refractivity contribution >= 4 is 22.2 Å². The number of nitrogens with one attached hydrogen (secondary N) is 1. The molecule has 4 rings (SSSR count). The number of nitrogens with zero attached hydrogens (tertiary/aromatic N) is 5. The Morgan fingerprint density at radius 3 is 2.71 bits per heavy atom. The molecule has 0 saturated carbocycles. The molecule has 2 aromatic heterocycles. The summed E-state index contributed by atoms with van der Waals surface area (Å²) in [5.41, 5.74) is 0.804. The third-order valence-electron chi connectivity index (χ3n) is 4.72. The highest BCUT2D eigenvalue weighted by molar-refractivity contribution is 5.99. The number of hydrogen-bond donors (Lipinski definition) is 1. The Bertz CT molecular complexity index is 853. The summed E-state index contributed by atoms with van der Waals surface area (Å²) in [4.78, 5) is 2.46. The molecule has 0 aliphatic carbocycles. The van der Waals surface area contributed by atoms with E-state index in [9.17, 15) is 0 Å². The van der Waals surface area contributed by atoms with E-state index < -0.39 is 0 Å². The lowest BCUT2D eigenvalue weighted by atomic mass is 10.0. The van der Waals surface area contributed by atoms with Crippen LogP contribution in [0.25, 0.3) is 16.4 Å². The Balaban J connectivity index is 1.63. The summed E-state index contributed by atoms with van der Waals surface area (Å²) in [6.07, 6.45) is 1.64. The predicted molar refractivity (Wildman–Crippen MR) is 93.2 cm³/mol. The monoisotopic (exact) mass is 326 g/mol. The molecule has 1 aliphatic heterocycles. The third kappa shape index (κ3) is 2.70. The van der Waals surface area contributed by atoms with E-state index >= 15 is 0 Å². The fourth-order valence-corrected chi connectivity index (χ4v) is 3.24. The molecule has 7 heteroatoms. The number of anilines is 1. The van der Waals surface area contributed by atoms with Gasteiger partial charge in [-0.1, -0.05) is 24.3 Å². The number of ether oxygens (including phenoxy) is 1. The number of rotatable bonds is 4. The molecule has 0 spiro atoms. The minimum atomic E-state index is 0.0225. The molecule has 126 valence electrons. The molecule has 3 heterocycles. The number of morpholine rings is 1. The molecule has 1 aliphatic rings. The normalized spacial score (nSPS) is 16.8. The Kier molecular flexibility index (Phi) is 3.82. The fraction of sp³-hybridized carbons (Fsp3) is 0.471. The first-order valence-corrected chi connectivity index (χ1v) is 8.31. The van der Waals surface area contributed by atoms with Crippen molar-refractivity contribution < 1.29 is 4.74 Å². The van der Waals surface area contributed by atoms with Crippen LogP contribution in [0.5, 0.6) is 0 Å². The second kappa shape index (κ2) is 5.99. The molecule has 0 bridgehead atoms. The molecule has 1 N–H and O–H groups in total. The van der Waals surface area contributed by atoms with E-state index in [4.69, 9.17) is 4.74 Å². The topological polar surface area (TPSA) is 67.6 Å². The first kappa shape index (κ1) is 15.3. The lowest BCUT2D eigenvalue weighted by Crippen LogP contribution is -2.53. The maximum atomic E-state index is 5.46. The van der Waals surface area contributed by atoms with E-state index in [-0.39, 0.29) is 5.54 Å². The van der Waals surface area contributed by atoms with Crippen molar-refractivity contribution in [3.05, 3.63) is 30.6 Å². The van der Waals surface area contributed by atoms with Crippen molar-refractivity contribution in [3.8, 4) is 0 Å². The second-order valence-electron chi connectivity index (χ2n) is 6.76. The highest BCUT2D eigenvalue weighted by atomic mass is 16.5. The van der Waals surface area contributed by atoms with Crippen LogP contribution in [-0.2, 0) is 4.74 Å². The summed E-state index contributed by atoms with van der Waals surface area (Å²) < 4.78 is 7.19. The summed E-state index contributed by atoms with van der Waals surface area (Å²) in [7, 11) is 0. The second-order valence-corrected chi connectivity index (χ2v) is 6.76. The van der Waals surface area contributed by atoms with Crippen LogP contribution in [0.15, 0.2) is 30.6 Å². The van der Waals surface area contributed by atoms with Gasteiger partial charge in [0.2, 0.25) is 0 Å². The molecule has 3 aromatic rings. The van der Waals surface area contributed by atoms with E-state index in [1.807, 2.05) is 12.1 Å². The average Bonchev–Trinajstić information content (AvgIpc) is 3.09. The largest absolute Gasteiger partial charge is 0.379 e. The molecule has 7 nitrogen and oxygen atoms in total. The van der Waals surface area contributed by atoms with Gasteiger partial charge in [0.1, 0.15) is 6.33 Å². The molecule has 24 heavy (non-hydrogen) atoms. The van der Waals surface area contributed by atoms with Gasteiger partial charge in [0, 0.05) is 35.9 Å². The van der Waals surface area contributed by atoms with E-state index in [0.717, 1.165) is 55.1 Å². The van der Waals surface area contributed by atoms with E-state index in [2.05, 4.69) is 51.5 Å². The van der Waals surface area contributed by atoms with Crippen molar-refractivity contribution in [2.45, 2.75) is 19.4 Å². The number of aromatic nitrogens is 4. The molecule has 0 unspecified atom stereocenters. The maximum Gasteiger partial charge on any atom is 0.185 e. The highest BCUT2D eigenvalue weighted by Crippen LogP contribution is 2.25. The number of benzene rings is 1. The van der Waals surface area contributed by atoms with Gasteiger partial charge in [-0.3, -0.25) is 4.90 Å². The highest BCUT2D eigenvalue weighted by Gasteiger charge is 2.28. The van der Waals surface area contributed by atoms with Crippen LogP contribution in [-0.4, -0.2) is 63.1 Å². The number of fused-ring (bicyclic) bond motifs is 3. The lowest BCUT2D eigenvalue weighted by Gasteiger charge is -2.41. The molecule has 0 amide bonds. The fourth-order valence-electron chi connectivity index (χ4n) is 3.24. The van der Waals surface area contributed by atoms with Gasteiger partial charge in [0.15, 0.2) is 11.5 Å². The van der Waals surface area contributed by atoms with Gasteiger partial charge in [0.05, 0.1) is 13.2 Å². The van der Waals surface area contributed by atoms with Gasteiger partial charge in [-0.15, -0.1) is 15.3 Å².